The molecule has 2 heterocycles. The standard InChI is InChI=1S/C15H14FN3S/c1-7-4-10(6-11(16)5-7)14-18-13(17)12-8(2)9(3)20-15(12)19-14/h4-6H,1-3H3,(H2,17,18,19). The summed E-state index contributed by atoms with van der Waals surface area (Å²) in [7, 11) is 0. The Labute approximate surface area is 120 Å². The van der Waals surface area contributed by atoms with Crippen molar-refractivity contribution >= 4 is 27.4 Å². The van der Waals surface area contributed by atoms with E-state index in [1.54, 1.807) is 11.3 Å². The minimum atomic E-state index is -0.291. The number of fused-ring (bicyclic) bond motifs is 1. The van der Waals surface area contributed by atoms with Crippen molar-refractivity contribution in [3.8, 4) is 11.4 Å². The van der Waals surface area contributed by atoms with Gasteiger partial charge in [0.05, 0.1) is 5.39 Å². The predicted octanol–water partition coefficient (Wildman–Crippen LogP) is 4.00. The summed E-state index contributed by atoms with van der Waals surface area (Å²) in [4.78, 5) is 10.9. The molecule has 0 saturated heterocycles. The van der Waals surface area contributed by atoms with Gasteiger partial charge in [0.15, 0.2) is 5.82 Å². The van der Waals surface area contributed by atoms with Crippen LogP contribution >= 0.6 is 11.3 Å². The molecule has 2 aromatic heterocycles. The van der Waals surface area contributed by atoms with Gasteiger partial charge in [-0.2, -0.15) is 0 Å². The van der Waals surface area contributed by atoms with Crippen LogP contribution in [0.2, 0.25) is 0 Å². The number of aromatic nitrogens is 2. The topological polar surface area (TPSA) is 51.8 Å². The van der Waals surface area contributed by atoms with Gasteiger partial charge in [0, 0.05) is 10.4 Å². The second-order valence-electron chi connectivity index (χ2n) is 4.91. The Bertz CT molecular complexity index is 803. The van der Waals surface area contributed by atoms with E-state index in [4.69, 9.17) is 5.73 Å². The number of anilines is 1. The molecule has 0 fully saturated rings. The van der Waals surface area contributed by atoms with Gasteiger partial charge in [-0.05, 0) is 50.1 Å². The van der Waals surface area contributed by atoms with Gasteiger partial charge in [0.1, 0.15) is 16.5 Å². The molecule has 0 atom stereocenters. The molecule has 0 bridgehead atoms. The molecule has 102 valence electrons. The first-order chi connectivity index (χ1) is 9.45. The molecule has 0 radical (unpaired) electrons. The fraction of sp³-hybridized carbons (Fsp3) is 0.200. The van der Waals surface area contributed by atoms with Gasteiger partial charge in [-0.3, -0.25) is 0 Å². The van der Waals surface area contributed by atoms with E-state index in [-0.39, 0.29) is 5.82 Å². The van der Waals surface area contributed by atoms with Gasteiger partial charge in [-0.1, -0.05) is 0 Å². The average molecular weight is 287 g/mol. The van der Waals surface area contributed by atoms with Gasteiger partial charge in [0.2, 0.25) is 0 Å². The molecule has 0 aliphatic carbocycles. The molecule has 0 aliphatic rings. The highest BCUT2D eigenvalue weighted by molar-refractivity contribution is 7.18. The summed E-state index contributed by atoms with van der Waals surface area (Å²) in [5.41, 5.74) is 8.65. The van der Waals surface area contributed by atoms with E-state index in [0.717, 1.165) is 21.3 Å². The summed E-state index contributed by atoms with van der Waals surface area (Å²) in [6.07, 6.45) is 0. The third kappa shape index (κ3) is 2.04. The van der Waals surface area contributed by atoms with E-state index in [0.29, 0.717) is 17.2 Å². The molecular formula is C15H14FN3S. The summed E-state index contributed by atoms with van der Waals surface area (Å²) in [6.45, 7) is 5.89. The largest absolute Gasteiger partial charge is 0.383 e. The van der Waals surface area contributed by atoms with Crippen LogP contribution in [-0.4, -0.2) is 9.97 Å². The van der Waals surface area contributed by atoms with Crippen molar-refractivity contribution in [2.75, 3.05) is 5.73 Å². The van der Waals surface area contributed by atoms with Gasteiger partial charge in [-0.15, -0.1) is 11.3 Å². The van der Waals surface area contributed by atoms with Crippen LogP contribution in [0.3, 0.4) is 0 Å². The predicted molar refractivity (Wildman–Crippen MR) is 81.4 cm³/mol. The molecule has 20 heavy (non-hydrogen) atoms. The number of halogens is 1. The van der Waals surface area contributed by atoms with E-state index in [1.807, 2.05) is 26.8 Å². The van der Waals surface area contributed by atoms with Crippen molar-refractivity contribution in [3.63, 3.8) is 0 Å². The molecule has 0 saturated carbocycles. The van der Waals surface area contributed by atoms with Gasteiger partial charge < -0.3 is 5.73 Å². The number of hydrogen-bond donors (Lipinski definition) is 1. The highest BCUT2D eigenvalue weighted by atomic mass is 32.1. The minimum absolute atomic E-state index is 0.291. The Morgan fingerprint density at radius 2 is 1.85 bits per heavy atom. The minimum Gasteiger partial charge on any atom is -0.383 e. The first kappa shape index (κ1) is 13.0. The zero-order valence-corrected chi connectivity index (χ0v) is 12.3. The molecule has 3 nitrogen and oxygen atoms in total. The van der Waals surface area contributed by atoms with Crippen molar-refractivity contribution in [2.24, 2.45) is 0 Å². The van der Waals surface area contributed by atoms with Gasteiger partial charge in [0.25, 0.3) is 0 Å². The molecule has 5 heteroatoms. The Morgan fingerprint density at radius 3 is 2.55 bits per heavy atom. The Kier molecular flexibility index (Phi) is 2.94. The first-order valence-electron chi connectivity index (χ1n) is 6.26. The second kappa shape index (κ2) is 4.52. The number of benzene rings is 1. The number of nitrogens with two attached hydrogens (primary N) is 1. The quantitative estimate of drug-likeness (QED) is 0.736. The maximum atomic E-state index is 13.5. The van der Waals surface area contributed by atoms with Gasteiger partial charge >= 0.3 is 0 Å². The first-order valence-corrected chi connectivity index (χ1v) is 7.08. The lowest BCUT2D eigenvalue weighted by atomic mass is 10.1. The number of nitrogens with zero attached hydrogens (tertiary/aromatic N) is 2. The lowest BCUT2D eigenvalue weighted by molar-refractivity contribution is 0.627. The summed E-state index contributed by atoms with van der Waals surface area (Å²) in [5, 5.41) is 0.907. The fourth-order valence-corrected chi connectivity index (χ4v) is 3.31. The Morgan fingerprint density at radius 1 is 1.10 bits per heavy atom. The summed E-state index contributed by atoms with van der Waals surface area (Å²) < 4.78 is 13.5. The van der Waals surface area contributed by atoms with Crippen LogP contribution in [0, 0.1) is 26.6 Å². The second-order valence-corrected chi connectivity index (χ2v) is 6.12. The van der Waals surface area contributed by atoms with Crippen LogP contribution in [0.25, 0.3) is 21.6 Å². The van der Waals surface area contributed by atoms with Crippen LogP contribution in [0.4, 0.5) is 10.2 Å². The van der Waals surface area contributed by atoms with Crippen LogP contribution < -0.4 is 5.73 Å². The normalized spacial score (nSPS) is 11.2. The average Bonchev–Trinajstić information content (AvgIpc) is 2.64. The van der Waals surface area contributed by atoms with Crippen LogP contribution in [-0.2, 0) is 0 Å². The maximum absolute atomic E-state index is 13.5. The van der Waals surface area contributed by atoms with E-state index in [2.05, 4.69) is 9.97 Å². The third-order valence-electron chi connectivity index (χ3n) is 3.36. The number of hydrogen-bond acceptors (Lipinski definition) is 4. The Hall–Kier alpha value is -2.01. The van der Waals surface area contributed by atoms with Crippen molar-refractivity contribution in [2.45, 2.75) is 20.8 Å². The molecule has 0 amide bonds. The smallest absolute Gasteiger partial charge is 0.163 e. The number of nitrogen functional groups attached to an aromatic ring is 1. The molecule has 0 aliphatic heterocycles. The third-order valence-corrected chi connectivity index (χ3v) is 4.46. The van der Waals surface area contributed by atoms with E-state index in [1.165, 1.54) is 17.0 Å². The van der Waals surface area contributed by atoms with Crippen LogP contribution in [0.15, 0.2) is 18.2 Å². The molecular weight excluding hydrogens is 273 g/mol. The molecule has 3 aromatic rings. The van der Waals surface area contributed by atoms with Crippen molar-refractivity contribution in [3.05, 3.63) is 40.0 Å². The van der Waals surface area contributed by atoms with Gasteiger partial charge in [-0.25, -0.2) is 14.4 Å². The molecule has 0 unspecified atom stereocenters. The summed E-state index contributed by atoms with van der Waals surface area (Å²) in [6, 6.07) is 4.77. The number of thiophene rings is 1. The zero-order valence-electron chi connectivity index (χ0n) is 11.5. The SMILES string of the molecule is Cc1cc(F)cc(-c2nc(N)c3c(C)c(C)sc3n2)c1. The van der Waals surface area contributed by atoms with Crippen molar-refractivity contribution in [1.82, 2.24) is 9.97 Å². The number of aryl methyl sites for hydroxylation is 3. The van der Waals surface area contributed by atoms with Crippen molar-refractivity contribution < 1.29 is 4.39 Å². The summed E-state index contributed by atoms with van der Waals surface area (Å²) >= 11 is 1.59. The Balaban J connectivity index is 2.27. The highest BCUT2D eigenvalue weighted by Gasteiger charge is 2.14. The number of rotatable bonds is 1. The lowest BCUT2D eigenvalue weighted by Gasteiger charge is -2.05. The molecule has 2 N–H and O–H groups in total. The molecule has 3 rings (SSSR count). The van der Waals surface area contributed by atoms with Crippen LogP contribution in [0.1, 0.15) is 16.0 Å². The van der Waals surface area contributed by atoms with Crippen molar-refractivity contribution in [1.29, 1.82) is 0 Å². The summed E-state index contributed by atoms with van der Waals surface area (Å²) in [5.74, 6) is 0.633. The van der Waals surface area contributed by atoms with E-state index >= 15 is 0 Å². The maximum Gasteiger partial charge on any atom is 0.163 e. The van der Waals surface area contributed by atoms with E-state index in [9.17, 15) is 4.39 Å². The lowest BCUT2D eigenvalue weighted by Crippen LogP contribution is -1.97. The molecule has 1 aromatic carbocycles. The van der Waals surface area contributed by atoms with E-state index < -0.39 is 0 Å². The fourth-order valence-electron chi connectivity index (χ4n) is 2.28. The molecule has 0 spiro atoms. The zero-order chi connectivity index (χ0) is 14.4. The highest BCUT2D eigenvalue weighted by Crippen LogP contribution is 2.33. The van der Waals surface area contributed by atoms with Crippen LogP contribution in [0.5, 0.6) is 0 Å². The monoisotopic (exact) mass is 287 g/mol.